The fourth-order valence-corrected chi connectivity index (χ4v) is 2.83. The molecule has 0 saturated carbocycles. The first-order valence-corrected chi connectivity index (χ1v) is 7.35. The van der Waals surface area contributed by atoms with E-state index in [-0.39, 0.29) is 6.04 Å². The second-order valence-electron chi connectivity index (χ2n) is 5.31. The summed E-state index contributed by atoms with van der Waals surface area (Å²) in [6.07, 6.45) is 5.40. The fourth-order valence-electron chi connectivity index (χ4n) is 2.83. The second kappa shape index (κ2) is 5.38. The molecular formula is C14H17N7O. The molecule has 3 aromatic heterocycles. The van der Waals surface area contributed by atoms with Gasteiger partial charge >= 0.3 is 0 Å². The van der Waals surface area contributed by atoms with Crippen LogP contribution in [0.5, 0.6) is 0 Å². The van der Waals surface area contributed by atoms with Gasteiger partial charge in [-0.2, -0.15) is 4.52 Å². The SMILES string of the molecule is CCOC[C@@H]1CN(c2ccc3nncn3n2)Cc2cncn21. The Morgan fingerprint density at radius 3 is 3.18 bits per heavy atom. The Balaban J connectivity index is 1.65. The van der Waals surface area contributed by atoms with Crippen molar-refractivity contribution in [1.29, 1.82) is 0 Å². The van der Waals surface area contributed by atoms with Crippen LogP contribution in [0.3, 0.4) is 0 Å². The summed E-state index contributed by atoms with van der Waals surface area (Å²) in [5, 5.41) is 12.4. The Morgan fingerprint density at radius 1 is 1.32 bits per heavy atom. The number of rotatable bonds is 4. The van der Waals surface area contributed by atoms with Gasteiger partial charge in [0.25, 0.3) is 0 Å². The maximum absolute atomic E-state index is 5.62. The van der Waals surface area contributed by atoms with E-state index in [0.29, 0.717) is 13.2 Å². The molecule has 0 N–H and O–H groups in total. The average molecular weight is 299 g/mol. The van der Waals surface area contributed by atoms with E-state index in [1.807, 2.05) is 31.6 Å². The van der Waals surface area contributed by atoms with Crippen LogP contribution in [0.4, 0.5) is 5.82 Å². The minimum atomic E-state index is 0.240. The van der Waals surface area contributed by atoms with Crippen LogP contribution in [-0.2, 0) is 11.3 Å². The summed E-state index contributed by atoms with van der Waals surface area (Å²) >= 11 is 0. The summed E-state index contributed by atoms with van der Waals surface area (Å²) in [4.78, 5) is 6.50. The minimum Gasteiger partial charge on any atom is -0.380 e. The molecule has 0 amide bonds. The van der Waals surface area contributed by atoms with Crippen LogP contribution in [0, 0.1) is 0 Å². The number of hydrogen-bond donors (Lipinski definition) is 0. The zero-order valence-corrected chi connectivity index (χ0v) is 12.3. The molecule has 0 spiro atoms. The Kier molecular flexibility index (Phi) is 3.23. The zero-order valence-electron chi connectivity index (χ0n) is 12.3. The van der Waals surface area contributed by atoms with E-state index in [9.17, 15) is 0 Å². The van der Waals surface area contributed by atoms with Crippen LogP contribution in [0.2, 0.25) is 0 Å². The highest BCUT2D eigenvalue weighted by Crippen LogP contribution is 2.25. The van der Waals surface area contributed by atoms with Crippen LogP contribution < -0.4 is 4.90 Å². The third kappa shape index (κ3) is 2.21. The van der Waals surface area contributed by atoms with Crippen molar-refractivity contribution in [3.05, 3.63) is 36.7 Å². The van der Waals surface area contributed by atoms with Gasteiger partial charge in [0.1, 0.15) is 12.1 Å². The highest BCUT2D eigenvalue weighted by Gasteiger charge is 2.26. The van der Waals surface area contributed by atoms with Gasteiger partial charge in [-0.1, -0.05) is 0 Å². The molecule has 22 heavy (non-hydrogen) atoms. The van der Waals surface area contributed by atoms with Gasteiger partial charge in [0, 0.05) is 19.3 Å². The van der Waals surface area contributed by atoms with Gasteiger partial charge in [0.2, 0.25) is 0 Å². The lowest BCUT2D eigenvalue weighted by molar-refractivity contribution is 0.111. The monoisotopic (exact) mass is 299 g/mol. The molecule has 0 aromatic carbocycles. The molecule has 1 aliphatic rings. The number of fused-ring (bicyclic) bond motifs is 2. The third-order valence-electron chi connectivity index (χ3n) is 3.91. The molecule has 8 heteroatoms. The first-order valence-electron chi connectivity index (χ1n) is 7.35. The molecule has 0 bridgehead atoms. The van der Waals surface area contributed by atoms with Crippen molar-refractivity contribution < 1.29 is 4.74 Å². The second-order valence-corrected chi connectivity index (χ2v) is 5.31. The standard InChI is InChI=1S/C14H17N7O/c1-2-22-8-12-7-19(6-11-5-15-9-20(11)12)14-4-3-13-17-16-10-21(13)18-14/h3-5,9-10,12H,2,6-8H2,1H3/t12-/m0/s1. The predicted octanol–water partition coefficient (Wildman–Crippen LogP) is 0.919. The maximum atomic E-state index is 5.62. The number of hydrogen-bond acceptors (Lipinski definition) is 6. The molecule has 3 aromatic rings. The van der Waals surface area contributed by atoms with Crippen LogP contribution in [0.25, 0.3) is 5.65 Å². The number of nitrogens with zero attached hydrogens (tertiary/aromatic N) is 7. The first kappa shape index (κ1) is 13.2. The smallest absolute Gasteiger partial charge is 0.177 e. The number of ether oxygens (including phenoxy) is 1. The lowest BCUT2D eigenvalue weighted by Gasteiger charge is -2.34. The van der Waals surface area contributed by atoms with Crippen LogP contribution in [0.15, 0.2) is 31.0 Å². The molecule has 1 aliphatic heterocycles. The molecule has 4 rings (SSSR count). The van der Waals surface area contributed by atoms with E-state index in [4.69, 9.17) is 4.74 Å². The molecule has 0 unspecified atom stereocenters. The molecule has 114 valence electrons. The van der Waals surface area contributed by atoms with Crippen molar-refractivity contribution >= 4 is 11.5 Å². The summed E-state index contributed by atoms with van der Waals surface area (Å²) < 4.78 is 9.51. The Labute approximate surface area is 127 Å². The topological polar surface area (TPSA) is 73.4 Å². The van der Waals surface area contributed by atoms with Gasteiger partial charge in [-0.15, -0.1) is 15.3 Å². The van der Waals surface area contributed by atoms with Crippen molar-refractivity contribution in [1.82, 2.24) is 29.4 Å². The van der Waals surface area contributed by atoms with Crippen molar-refractivity contribution in [2.45, 2.75) is 19.5 Å². The van der Waals surface area contributed by atoms with Gasteiger partial charge in [-0.25, -0.2) is 4.98 Å². The zero-order chi connectivity index (χ0) is 14.9. The van der Waals surface area contributed by atoms with Crippen LogP contribution in [0.1, 0.15) is 18.7 Å². The third-order valence-corrected chi connectivity index (χ3v) is 3.91. The number of imidazole rings is 1. The molecule has 0 radical (unpaired) electrons. The number of anilines is 1. The summed E-state index contributed by atoms with van der Waals surface area (Å²) in [6.45, 7) is 5.01. The van der Waals surface area contributed by atoms with Gasteiger partial charge in [0.05, 0.1) is 31.2 Å². The van der Waals surface area contributed by atoms with Crippen LogP contribution in [-0.4, -0.2) is 49.1 Å². The highest BCUT2D eigenvalue weighted by molar-refractivity contribution is 5.45. The van der Waals surface area contributed by atoms with E-state index in [2.05, 4.69) is 29.7 Å². The van der Waals surface area contributed by atoms with Crippen LogP contribution >= 0.6 is 0 Å². The molecule has 0 fully saturated rings. The molecule has 0 aliphatic carbocycles. The molecule has 0 saturated heterocycles. The first-order chi connectivity index (χ1) is 10.8. The van der Waals surface area contributed by atoms with Gasteiger partial charge < -0.3 is 14.2 Å². The normalized spacial score (nSPS) is 17.9. The fraction of sp³-hybridized carbons (Fsp3) is 0.429. The van der Waals surface area contributed by atoms with E-state index < -0.39 is 0 Å². The predicted molar refractivity (Wildman–Crippen MR) is 79.6 cm³/mol. The average Bonchev–Trinajstić information content (AvgIpc) is 3.20. The van der Waals surface area contributed by atoms with Gasteiger partial charge in [-0.05, 0) is 19.1 Å². The van der Waals surface area contributed by atoms with E-state index >= 15 is 0 Å². The molecule has 8 nitrogen and oxygen atoms in total. The Hall–Kier alpha value is -2.48. The lowest BCUT2D eigenvalue weighted by atomic mass is 10.2. The summed E-state index contributed by atoms with van der Waals surface area (Å²) in [5.74, 6) is 0.904. The van der Waals surface area contributed by atoms with Gasteiger partial charge in [0.15, 0.2) is 5.65 Å². The summed E-state index contributed by atoms with van der Waals surface area (Å²) in [5.41, 5.74) is 1.92. The minimum absolute atomic E-state index is 0.240. The maximum Gasteiger partial charge on any atom is 0.177 e. The molecule has 4 heterocycles. The van der Waals surface area contributed by atoms with Crippen molar-refractivity contribution in [2.75, 3.05) is 24.7 Å². The van der Waals surface area contributed by atoms with E-state index in [1.54, 1.807) is 10.8 Å². The largest absolute Gasteiger partial charge is 0.380 e. The highest BCUT2D eigenvalue weighted by atomic mass is 16.5. The van der Waals surface area contributed by atoms with Crippen molar-refractivity contribution in [3.8, 4) is 0 Å². The Bertz CT molecular complexity index is 780. The molecule has 1 atom stereocenters. The number of aromatic nitrogens is 6. The van der Waals surface area contributed by atoms with Gasteiger partial charge in [-0.3, -0.25) is 0 Å². The van der Waals surface area contributed by atoms with Crippen molar-refractivity contribution in [3.63, 3.8) is 0 Å². The quantitative estimate of drug-likeness (QED) is 0.713. The van der Waals surface area contributed by atoms with E-state index in [0.717, 1.165) is 24.6 Å². The summed E-state index contributed by atoms with van der Waals surface area (Å²) in [6, 6.07) is 4.15. The van der Waals surface area contributed by atoms with E-state index in [1.165, 1.54) is 5.69 Å². The lowest BCUT2D eigenvalue weighted by Crippen LogP contribution is -2.39. The van der Waals surface area contributed by atoms with Crippen molar-refractivity contribution in [2.24, 2.45) is 0 Å². The Morgan fingerprint density at radius 2 is 2.27 bits per heavy atom. The summed E-state index contributed by atoms with van der Waals surface area (Å²) in [7, 11) is 0. The molecular weight excluding hydrogens is 282 g/mol.